The van der Waals surface area contributed by atoms with E-state index in [-0.39, 0.29) is 18.6 Å². The largest absolute Gasteiger partial charge is 0.451 e. The van der Waals surface area contributed by atoms with Gasteiger partial charge in [-0.3, -0.25) is 9.48 Å². The Balaban J connectivity index is 1.63. The fraction of sp³-hybridized carbons (Fsp3) is 0.421. The van der Waals surface area contributed by atoms with Crippen LogP contribution >= 0.6 is 0 Å². The molecule has 2 aromatic rings. The minimum atomic E-state index is -0.523. The number of aromatic nitrogens is 2. The lowest BCUT2D eigenvalue weighted by Crippen LogP contribution is -2.36. The van der Waals surface area contributed by atoms with Crippen molar-refractivity contribution in [2.75, 3.05) is 13.7 Å². The van der Waals surface area contributed by atoms with E-state index in [0.29, 0.717) is 12.2 Å². The van der Waals surface area contributed by atoms with E-state index >= 15 is 0 Å². The van der Waals surface area contributed by atoms with E-state index in [9.17, 15) is 9.59 Å². The highest BCUT2D eigenvalue weighted by Gasteiger charge is 2.27. The lowest BCUT2D eigenvalue weighted by atomic mass is 9.87. The Morgan fingerprint density at radius 3 is 2.92 bits per heavy atom. The average Bonchev–Trinajstić information content (AvgIpc) is 3.13. The second kappa shape index (κ2) is 7.51. The molecule has 0 fully saturated rings. The van der Waals surface area contributed by atoms with Crippen LogP contribution < -0.4 is 0 Å². The summed E-state index contributed by atoms with van der Waals surface area (Å²) in [6.07, 6.45) is 4.57. The Labute approximate surface area is 147 Å². The number of hydrogen-bond donors (Lipinski definition) is 0. The van der Waals surface area contributed by atoms with Crippen molar-refractivity contribution < 1.29 is 14.3 Å². The van der Waals surface area contributed by atoms with Gasteiger partial charge in [0.25, 0.3) is 5.91 Å². The number of esters is 1. The van der Waals surface area contributed by atoms with Crippen molar-refractivity contribution in [2.24, 2.45) is 0 Å². The van der Waals surface area contributed by atoms with Crippen LogP contribution in [0.4, 0.5) is 0 Å². The number of nitrogens with zero attached hydrogens (tertiary/aromatic N) is 3. The van der Waals surface area contributed by atoms with Crippen molar-refractivity contribution in [3.05, 3.63) is 53.3 Å². The van der Waals surface area contributed by atoms with Gasteiger partial charge in [-0.2, -0.15) is 5.10 Å². The third-order valence-corrected chi connectivity index (χ3v) is 4.75. The van der Waals surface area contributed by atoms with Gasteiger partial charge in [-0.05, 0) is 43.4 Å². The molecule has 0 N–H and O–H groups in total. The molecule has 1 amide bonds. The molecule has 132 valence electrons. The van der Waals surface area contributed by atoms with Gasteiger partial charge in [0.15, 0.2) is 6.61 Å². The second-order valence-electron chi connectivity index (χ2n) is 6.22. The van der Waals surface area contributed by atoms with E-state index in [1.165, 1.54) is 11.1 Å². The number of carbonyl (C=O) groups excluding carboxylic acids is 2. The molecule has 0 aliphatic heterocycles. The summed E-state index contributed by atoms with van der Waals surface area (Å²) >= 11 is 0. The van der Waals surface area contributed by atoms with Crippen molar-refractivity contribution in [2.45, 2.75) is 38.8 Å². The smallest absolute Gasteiger partial charge is 0.357 e. The molecular formula is C19H23N3O3. The number of carbonyl (C=O) groups is 2. The quantitative estimate of drug-likeness (QED) is 0.784. The predicted octanol–water partition coefficient (Wildman–Crippen LogP) is 2.60. The number of likely N-dealkylation sites (N-methyl/N-ethyl adjacent to an activating group) is 1. The zero-order valence-electron chi connectivity index (χ0n) is 14.6. The normalized spacial score (nSPS) is 16.2. The van der Waals surface area contributed by atoms with Crippen LogP contribution in [0.25, 0.3) is 0 Å². The second-order valence-corrected chi connectivity index (χ2v) is 6.22. The Kier molecular flexibility index (Phi) is 5.16. The first kappa shape index (κ1) is 17.2. The van der Waals surface area contributed by atoms with Crippen molar-refractivity contribution >= 4 is 11.9 Å². The van der Waals surface area contributed by atoms with Crippen LogP contribution in [-0.2, 0) is 22.5 Å². The minimum absolute atomic E-state index is 0.0392. The van der Waals surface area contributed by atoms with Gasteiger partial charge in [0, 0.05) is 19.8 Å². The van der Waals surface area contributed by atoms with Gasteiger partial charge < -0.3 is 9.64 Å². The number of benzene rings is 1. The molecule has 6 heteroatoms. The summed E-state index contributed by atoms with van der Waals surface area (Å²) in [5, 5.41) is 4.04. The van der Waals surface area contributed by atoms with E-state index in [1.807, 2.05) is 19.1 Å². The minimum Gasteiger partial charge on any atom is -0.451 e. The van der Waals surface area contributed by atoms with Crippen LogP contribution in [0.15, 0.2) is 36.5 Å². The molecule has 0 saturated heterocycles. The van der Waals surface area contributed by atoms with E-state index in [1.54, 1.807) is 28.9 Å². The molecule has 0 radical (unpaired) electrons. The fourth-order valence-electron chi connectivity index (χ4n) is 3.37. The highest BCUT2D eigenvalue weighted by atomic mass is 16.5. The lowest BCUT2D eigenvalue weighted by molar-refractivity contribution is -0.135. The SMILES string of the molecule is CCn1nccc1C(=O)OCC(=O)N(C)[C@@H]1CCCc2ccccc21. The Morgan fingerprint density at radius 1 is 1.32 bits per heavy atom. The Hall–Kier alpha value is -2.63. The first-order chi connectivity index (χ1) is 12.1. The number of ether oxygens (including phenoxy) is 1. The molecule has 0 saturated carbocycles. The van der Waals surface area contributed by atoms with Crippen molar-refractivity contribution in [3.63, 3.8) is 0 Å². The summed E-state index contributed by atoms with van der Waals surface area (Å²) in [7, 11) is 1.78. The maximum Gasteiger partial charge on any atom is 0.357 e. The van der Waals surface area contributed by atoms with Gasteiger partial charge in [-0.15, -0.1) is 0 Å². The van der Waals surface area contributed by atoms with E-state index < -0.39 is 5.97 Å². The molecule has 0 bridgehead atoms. The molecule has 6 nitrogen and oxygen atoms in total. The summed E-state index contributed by atoms with van der Waals surface area (Å²) in [6, 6.07) is 9.86. The molecule has 1 aliphatic carbocycles. The molecule has 1 heterocycles. The van der Waals surface area contributed by atoms with Gasteiger partial charge in [0.05, 0.1) is 6.04 Å². The van der Waals surface area contributed by atoms with Crippen LogP contribution in [0.2, 0.25) is 0 Å². The van der Waals surface area contributed by atoms with Crippen LogP contribution in [0.5, 0.6) is 0 Å². The topological polar surface area (TPSA) is 64.4 Å². The predicted molar refractivity (Wildman–Crippen MR) is 93.1 cm³/mol. The van der Waals surface area contributed by atoms with Crippen molar-refractivity contribution in [3.8, 4) is 0 Å². The number of rotatable bonds is 5. The zero-order chi connectivity index (χ0) is 17.8. The number of hydrogen-bond acceptors (Lipinski definition) is 4. The van der Waals surface area contributed by atoms with Gasteiger partial charge in [-0.25, -0.2) is 4.79 Å². The Morgan fingerprint density at radius 2 is 2.12 bits per heavy atom. The average molecular weight is 341 g/mol. The van der Waals surface area contributed by atoms with Crippen LogP contribution in [0.3, 0.4) is 0 Å². The van der Waals surface area contributed by atoms with Crippen molar-refractivity contribution in [1.82, 2.24) is 14.7 Å². The van der Waals surface area contributed by atoms with Gasteiger partial charge in [0.2, 0.25) is 0 Å². The van der Waals surface area contributed by atoms with Gasteiger partial charge >= 0.3 is 5.97 Å². The van der Waals surface area contributed by atoms with E-state index in [2.05, 4.69) is 17.2 Å². The zero-order valence-corrected chi connectivity index (χ0v) is 14.6. The van der Waals surface area contributed by atoms with Gasteiger partial charge in [0.1, 0.15) is 5.69 Å². The molecular weight excluding hydrogens is 318 g/mol. The highest BCUT2D eigenvalue weighted by Crippen LogP contribution is 2.33. The van der Waals surface area contributed by atoms with E-state index in [4.69, 9.17) is 4.74 Å². The first-order valence-corrected chi connectivity index (χ1v) is 8.64. The Bertz CT molecular complexity index is 769. The molecule has 0 spiro atoms. The number of amides is 1. The van der Waals surface area contributed by atoms with Crippen molar-refractivity contribution in [1.29, 1.82) is 0 Å². The molecule has 3 rings (SSSR count). The van der Waals surface area contributed by atoms with E-state index in [0.717, 1.165) is 19.3 Å². The maximum absolute atomic E-state index is 12.5. The molecule has 25 heavy (non-hydrogen) atoms. The summed E-state index contributed by atoms with van der Waals surface area (Å²) in [5.41, 5.74) is 2.85. The third-order valence-electron chi connectivity index (χ3n) is 4.75. The molecule has 1 aromatic heterocycles. The standard InChI is InChI=1S/C19H23N3O3/c1-3-22-17(11-12-20-22)19(24)25-13-18(23)21(2)16-10-6-8-14-7-4-5-9-15(14)16/h4-5,7,9,11-12,16H,3,6,8,10,13H2,1-2H3/t16-/m1/s1. The molecule has 1 aliphatic rings. The highest BCUT2D eigenvalue weighted by molar-refractivity contribution is 5.89. The number of aryl methyl sites for hydroxylation is 2. The first-order valence-electron chi connectivity index (χ1n) is 8.64. The number of fused-ring (bicyclic) bond motifs is 1. The van der Waals surface area contributed by atoms with Crippen LogP contribution in [0, 0.1) is 0 Å². The fourth-order valence-corrected chi connectivity index (χ4v) is 3.37. The summed E-state index contributed by atoms with van der Waals surface area (Å²) in [4.78, 5) is 26.3. The van der Waals surface area contributed by atoms with Crippen LogP contribution in [0.1, 0.15) is 47.4 Å². The monoisotopic (exact) mass is 341 g/mol. The molecule has 1 atom stereocenters. The lowest BCUT2D eigenvalue weighted by Gasteiger charge is -2.33. The molecule has 1 aromatic carbocycles. The van der Waals surface area contributed by atoms with Gasteiger partial charge in [-0.1, -0.05) is 24.3 Å². The summed E-state index contributed by atoms with van der Waals surface area (Å²) < 4.78 is 6.75. The maximum atomic E-state index is 12.5. The van der Waals surface area contributed by atoms with Crippen LogP contribution in [-0.4, -0.2) is 40.2 Å². The summed E-state index contributed by atoms with van der Waals surface area (Å²) in [6.45, 7) is 2.20. The summed E-state index contributed by atoms with van der Waals surface area (Å²) in [5.74, 6) is -0.720. The molecule has 0 unspecified atom stereocenters. The third kappa shape index (κ3) is 3.57.